The second-order valence-corrected chi connectivity index (χ2v) is 11.6. The highest BCUT2D eigenvalue weighted by molar-refractivity contribution is 7.80. The molecule has 1 aromatic carbocycles. The van der Waals surface area contributed by atoms with E-state index in [1.54, 1.807) is 30.3 Å². The fourth-order valence-corrected chi connectivity index (χ4v) is 4.95. The highest BCUT2D eigenvalue weighted by Gasteiger charge is 2.58. The van der Waals surface area contributed by atoms with Crippen LogP contribution in [0.2, 0.25) is 0 Å². The SMILES string of the molecule is CC1(C)C(NC(=O)C(=NOC(COc2ccc3nc(NCCN)ccc3c2)C(=O)O)c2csc(N)n2)C(=O)N1OS(=O)(=O)O. The van der Waals surface area contributed by atoms with Crippen LogP contribution in [-0.2, 0) is 33.9 Å². The number of thiazole rings is 1. The van der Waals surface area contributed by atoms with Gasteiger partial charge in [-0.25, -0.2) is 14.8 Å². The molecule has 0 bridgehead atoms. The molecule has 3 aromatic rings. The second kappa shape index (κ2) is 12.9. The third-order valence-corrected chi connectivity index (χ3v) is 7.17. The van der Waals surface area contributed by atoms with E-state index in [0.717, 1.165) is 16.7 Å². The molecule has 2 amide bonds. The molecule has 18 nitrogen and oxygen atoms in total. The van der Waals surface area contributed by atoms with Crippen molar-refractivity contribution in [1.29, 1.82) is 0 Å². The first kappa shape index (κ1) is 32.3. The summed E-state index contributed by atoms with van der Waals surface area (Å²) in [7, 11) is -5.02. The lowest BCUT2D eigenvalue weighted by Crippen LogP contribution is -2.76. The smallest absolute Gasteiger partial charge is 0.418 e. The predicted octanol–water partition coefficient (Wildman–Crippen LogP) is -0.263. The van der Waals surface area contributed by atoms with Crippen molar-refractivity contribution < 1.29 is 46.3 Å². The summed E-state index contributed by atoms with van der Waals surface area (Å²) in [5.74, 6) is -2.53. The Hall–Kier alpha value is -4.63. The minimum Gasteiger partial charge on any atom is -0.489 e. The molecule has 20 heteroatoms. The third kappa shape index (κ3) is 7.47. The maximum Gasteiger partial charge on any atom is 0.418 e. The van der Waals surface area contributed by atoms with Crippen LogP contribution in [0, 0.1) is 0 Å². The molecule has 0 aliphatic carbocycles. The number of benzene rings is 1. The summed E-state index contributed by atoms with van der Waals surface area (Å²) in [6, 6.07) is 7.17. The fraction of sp³-hybridized carbons (Fsp3) is 0.333. The second-order valence-electron chi connectivity index (χ2n) is 9.72. The monoisotopic (exact) mass is 652 g/mol. The van der Waals surface area contributed by atoms with Crippen LogP contribution in [0.1, 0.15) is 19.5 Å². The lowest BCUT2D eigenvalue weighted by molar-refractivity contribution is -0.218. The number of fused-ring (bicyclic) bond motifs is 1. The highest BCUT2D eigenvalue weighted by atomic mass is 32.3. The number of ether oxygens (including phenoxy) is 1. The van der Waals surface area contributed by atoms with E-state index in [0.29, 0.717) is 35.2 Å². The summed E-state index contributed by atoms with van der Waals surface area (Å²) < 4.78 is 40.9. The maximum atomic E-state index is 13.2. The highest BCUT2D eigenvalue weighted by Crippen LogP contribution is 2.33. The average Bonchev–Trinajstić information content (AvgIpc) is 3.39. The molecule has 2 aromatic heterocycles. The van der Waals surface area contributed by atoms with Gasteiger partial charge in [-0.05, 0) is 44.2 Å². The van der Waals surface area contributed by atoms with Crippen molar-refractivity contribution in [2.45, 2.75) is 31.5 Å². The fourth-order valence-electron chi connectivity index (χ4n) is 3.95. The van der Waals surface area contributed by atoms with Crippen LogP contribution in [0.3, 0.4) is 0 Å². The Labute approximate surface area is 253 Å². The summed E-state index contributed by atoms with van der Waals surface area (Å²) in [6.45, 7) is 3.20. The number of hydrogen-bond donors (Lipinski definition) is 6. The van der Waals surface area contributed by atoms with Crippen LogP contribution in [0.4, 0.5) is 10.9 Å². The van der Waals surface area contributed by atoms with Gasteiger partial charge in [0.05, 0.1) is 11.1 Å². The number of nitrogens with one attached hydrogen (secondary N) is 2. The number of aromatic nitrogens is 2. The predicted molar refractivity (Wildman–Crippen MR) is 156 cm³/mol. The van der Waals surface area contributed by atoms with E-state index in [2.05, 4.69) is 30.0 Å². The Morgan fingerprint density at radius 3 is 2.61 bits per heavy atom. The van der Waals surface area contributed by atoms with Gasteiger partial charge in [0.25, 0.3) is 17.9 Å². The molecule has 0 saturated carbocycles. The molecular weight excluding hydrogens is 624 g/mol. The van der Waals surface area contributed by atoms with Crippen LogP contribution in [-0.4, -0.2) is 94.0 Å². The third-order valence-electron chi connectivity index (χ3n) is 6.16. The molecule has 8 N–H and O–H groups in total. The van der Waals surface area contributed by atoms with Gasteiger partial charge in [-0.15, -0.1) is 15.6 Å². The van der Waals surface area contributed by atoms with E-state index >= 15 is 0 Å². The molecule has 2 unspecified atom stereocenters. The maximum absolute atomic E-state index is 13.2. The number of carboxylic acid groups (broad SMARTS) is 1. The summed E-state index contributed by atoms with van der Waals surface area (Å²) in [5.41, 5.74) is 9.79. The number of aliphatic carboxylic acids is 1. The van der Waals surface area contributed by atoms with Crippen molar-refractivity contribution in [3.05, 3.63) is 41.4 Å². The lowest BCUT2D eigenvalue weighted by atomic mass is 9.84. The number of oxime groups is 1. The summed E-state index contributed by atoms with van der Waals surface area (Å²) in [4.78, 5) is 51.2. The topological polar surface area (TPSA) is 271 Å². The number of nitrogens with two attached hydrogens (primary N) is 2. The van der Waals surface area contributed by atoms with E-state index in [1.807, 2.05) is 0 Å². The minimum absolute atomic E-state index is 0.0551. The number of hydrogen-bond acceptors (Lipinski definition) is 15. The molecule has 1 aliphatic rings. The number of amides is 2. The molecule has 0 radical (unpaired) electrons. The molecule has 0 spiro atoms. The molecule has 44 heavy (non-hydrogen) atoms. The number of carboxylic acids is 1. The first-order valence-electron chi connectivity index (χ1n) is 12.7. The van der Waals surface area contributed by atoms with Gasteiger partial charge >= 0.3 is 16.4 Å². The van der Waals surface area contributed by atoms with Crippen molar-refractivity contribution in [3.63, 3.8) is 0 Å². The van der Waals surface area contributed by atoms with Crippen LogP contribution < -0.4 is 26.8 Å². The number of anilines is 2. The van der Waals surface area contributed by atoms with Crippen LogP contribution in [0.15, 0.2) is 40.9 Å². The van der Waals surface area contributed by atoms with Crippen molar-refractivity contribution in [2.75, 3.05) is 30.7 Å². The van der Waals surface area contributed by atoms with Crippen molar-refractivity contribution >= 4 is 67.1 Å². The number of nitrogens with zero attached hydrogens (tertiary/aromatic N) is 4. The van der Waals surface area contributed by atoms with Crippen molar-refractivity contribution in [2.24, 2.45) is 10.9 Å². The van der Waals surface area contributed by atoms with Gasteiger partial charge in [0.15, 0.2) is 10.8 Å². The number of carbonyl (C=O) groups excluding carboxylic acids is 2. The molecule has 1 fully saturated rings. The van der Waals surface area contributed by atoms with E-state index < -0.39 is 58.2 Å². The zero-order chi connectivity index (χ0) is 32.2. The van der Waals surface area contributed by atoms with Gasteiger partial charge in [-0.1, -0.05) is 5.16 Å². The zero-order valence-electron chi connectivity index (χ0n) is 23.2. The van der Waals surface area contributed by atoms with Gasteiger partial charge in [0.2, 0.25) is 0 Å². The molecule has 236 valence electrons. The van der Waals surface area contributed by atoms with E-state index in [-0.39, 0.29) is 10.8 Å². The molecule has 1 aliphatic heterocycles. The standard InChI is InChI=1S/C24H28N8O10S2/c1-24(2)19(21(34)32(24)42-44(37,38)39)30-20(33)18(15-11-43-23(26)29-15)31-41-16(22(35)36)10-40-13-4-5-14-12(9-13)3-6-17(28-14)27-8-7-25/h3-6,9,11,16,19H,7-8,10,25H2,1-2H3,(H2,26,29)(H,27,28)(H,30,33)(H,35,36)(H,37,38,39). The van der Waals surface area contributed by atoms with Gasteiger partial charge in [0, 0.05) is 23.9 Å². The largest absolute Gasteiger partial charge is 0.489 e. The van der Waals surface area contributed by atoms with Crippen LogP contribution >= 0.6 is 11.3 Å². The number of hydroxylamine groups is 2. The van der Waals surface area contributed by atoms with E-state index in [4.69, 9.17) is 25.6 Å². The Bertz CT molecular complexity index is 1710. The van der Waals surface area contributed by atoms with Crippen molar-refractivity contribution in [3.8, 4) is 5.75 Å². The first-order valence-corrected chi connectivity index (χ1v) is 14.9. The van der Waals surface area contributed by atoms with Gasteiger partial charge in [0.1, 0.15) is 29.9 Å². The summed E-state index contributed by atoms with van der Waals surface area (Å²) in [6.07, 6.45) is -1.69. The lowest BCUT2D eigenvalue weighted by Gasteiger charge is -2.50. The Kier molecular flexibility index (Phi) is 9.49. The molecule has 2 atom stereocenters. The number of carbonyl (C=O) groups is 3. The number of nitrogen functional groups attached to an aromatic ring is 1. The van der Waals surface area contributed by atoms with Crippen LogP contribution in [0.5, 0.6) is 5.75 Å². The molecule has 1 saturated heterocycles. The van der Waals surface area contributed by atoms with Gasteiger partial charge < -0.3 is 36.8 Å². The Balaban J connectivity index is 1.48. The average molecular weight is 653 g/mol. The minimum atomic E-state index is -5.02. The number of pyridine rings is 1. The molecular formula is C24H28N8O10S2. The Morgan fingerprint density at radius 2 is 2.00 bits per heavy atom. The van der Waals surface area contributed by atoms with E-state index in [1.165, 1.54) is 19.2 Å². The summed E-state index contributed by atoms with van der Waals surface area (Å²) >= 11 is 0.954. The molecule has 4 rings (SSSR count). The zero-order valence-corrected chi connectivity index (χ0v) is 24.8. The van der Waals surface area contributed by atoms with Gasteiger partial charge in [-0.2, -0.15) is 13.5 Å². The number of rotatable bonds is 14. The first-order chi connectivity index (χ1) is 20.7. The Morgan fingerprint density at radius 1 is 1.25 bits per heavy atom. The van der Waals surface area contributed by atoms with E-state index in [9.17, 15) is 27.9 Å². The van der Waals surface area contributed by atoms with Crippen LogP contribution in [0.25, 0.3) is 10.9 Å². The summed E-state index contributed by atoms with van der Waals surface area (Å²) in [5, 5.41) is 21.3. The van der Waals surface area contributed by atoms with Crippen molar-refractivity contribution in [1.82, 2.24) is 20.3 Å². The number of β-lactam (4-membered cyclic amide) rings is 1. The molecule has 3 heterocycles. The van der Waals surface area contributed by atoms with Gasteiger partial charge in [-0.3, -0.25) is 14.1 Å². The quantitative estimate of drug-likeness (QED) is 0.0566. The normalized spacial score (nSPS) is 17.1.